The van der Waals surface area contributed by atoms with E-state index >= 15 is 0 Å². The zero-order valence-corrected chi connectivity index (χ0v) is 19.0. The molecule has 0 saturated carbocycles. The second kappa shape index (κ2) is 15.6. The standard InChI is InChI=1S/C24H26N2O2.2CH4O/c1-2-26-23-14-19(17-28-24-9-4-3-7-20(24)10-11-27)13-22(15-23)21-8-5-6-18(12-21)16-25;2*1-2/h3-9,11-15,26H,2,10,16-17,25H2,1H3;2*2H,1H3. The van der Waals surface area contributed by atoms with Crippen molar-refractivity contribution in [1.29, 1.82) is 0 Å². The molecule has 0 aliphatic heterocycles. The second-order valence-electron chi connectivity index (χ2n) is 6.62. The highest BCUT2D eigenvalue weighted by molar-refractivity contribution is 5.70. The molecule has 0 spiro atoms. The maximum atomic E-state index is 10.9. The number of ether oxygens (including phenoxy) is 1. The third-order valence-electron chi connectivity index (χ3n) is 4.54. The summed E-state index contributed by atoms with van der Waals surface area (Å²) in [7, 11) is 2.00. The van der Waals surface area contributed by atoms with Crippen molar-refractivity contribution in [3.05, 3.63) is 83.4 Å². The van der Waals surface area contributed by atoms with Crippen molar-refractivity contribution in [2.24, 2.45) is 5.73 Å². The maximum absolute atomic E-state index is 10.9. The van der Waals surface area contributed by atoms with Crippen LogP contribution < -0.4 is 15.8 Å². The summed E-state index contributed by atoms with van der Waals surface area (Å²) in [4.78, 5) is 10.9. The van der Waals surface area contributed by atoms with Gasteiger partial charge in [0.25, 0.3) is 0 Å². The molecule has 6 heteroatoms. The van der Waals surface area contributed by atoms with Crippen LogP contribution >= 0.6 is 0 Å². The van der Waals surface area contributed by atoms with Crippen molar-refractivity contribution < 1.29 is 19.7 Å². The Hall–Kier alpha value is -3.19. The summed E-state index contributed by atoms with van der Waals surface area (Å²) in [6.45, 7) is 3.87. The molecular weight excluding hydrogens is 404 g/mol. The first kappa shape index (κ1) is 26.8. The Balaban J connectivity index is 0.00000121. The smallest absolute Gasteiger partial charge is 0.124 e. The number of aliphatic hydroxyl groups excluding tert-OH is 2. The molecule has 0 atom stereocenters. The number of anilines is 1. The van der Waals surface area contributed by atoms with Crippen molar-refractivity contribution in [3.8, 4) is 16.9 Å². The highest BCUT2D eigenvalue weighted by atomic mass is 16.5. The van der Waals surface area contributed by atoms with Gasteiger partial charge in [-0.1, -0.05) is 36.4 Å². The molecule has 0 aromatic heterocycles. The van der Waals surface area contributed by atoms with Gasteiger partial charge in [-0.2, -0.15) is 0 Å². The number of para-hydroxylation sites is 1. The molecule has 0 radical (unpaired) electrons. The van der Waals surface area contributed by atoms with Gasteiger partial charge in [0.1, 0.15) is 18.6 Å². The minimum atomic E-state index is 0.352. The van der Waals surface area contributed by atoms with Crippen LogP contribution in [0.15, 0.2) is 66.7 Å². The fraction of sp³-hybridized carbons (Fsp3) is 0.269. The lowest BCUT2D eigenvalue weighted by Gasteiger charge is -2.14. The van der Waals surface area contributed by atoms with Crippen LogP contribution in [0.1, 0.15) is 23.6 Å². The third-order valence-corrected chi connectivity index (χ3v) is 4.54. The van der Waals surface area contributed by atoms with E-state index in [4.69, 9.17) is 20.7 Å². The van der Waals surface area contributed by atoms with Gasteiger partial charge in [0, 0.05) is 45.0 Å². The molecule has 172 valence electrons. The summed E-state index contributed by atoms with van der Waals surface area (Å²) in [5.74, 6) is 0.745. The Morgan fingerprint density at radius 3 is 2.31 bits per heavy atom. The highest BCUT2D eigenvalue weighted by Gasteiger charge is 2.07. The Morgan fingerprint density at radius 1 is 0.906 bits per heavy atom. The minimum Gasteiger partial charge on any atom is -0.489 e. The molecule has 0 aliphatic rings. The van der Waals surface area contributed by atoms with E-state index < -0.39 is 0 Å². The van der Waals surface area contributed by atoms with E-state index in [2.05, 4.69) is 42.6 Å². The lowest BCUT2D eigenvalue weighted by atomic mass is 10.00. The van der Waals surface area contributed by atoms with Gasteiger partial charge in [-0.05, 0) is 59.5 Å². The molecule has 3 aromatic carbocycles. The van der Waals surface area contributed by atoms with Crippen molar-refractivity contribution in [3.63, 3.8) is 0 Å². The van der Waals surface area contributed by atoms with Crippen LogP contribution in [0, 0.1) is 0 Å². The fourth-order valence-electron chi connectivity index (χ4n) is 3.19. The van der Waals surface area contributed by atoms with Gasteiger partial charge >= 0.3 is 0 Å². The fourth-order valence-corrected chi connectivity index (χ4v) is 3.19. The molecule has 5 N–H and O–H groups in total. The van der Waals surface area contributed by atoms with Crippen molar-refractivity contribution in [2.45, 2.75) is 26.5 Å². The molecule has 0 fully saturated rings. The number of aliphatic hydroxyl groups is 2. The van der Waals surface area contributed by atoms with Gasteiger partial charge in [-0.15, -0.1) is 0 Å². The zero-order valence-electron chi connectivity index (χ0n) is 19.0. The Morgan fingerprint density at radius 2 is 1.62 bits per heavy atom. The zero-order chi connectivity index (χ0) is 23.8. The number of benzene rings is 3. The van der Waals surface area contributed by atoms with Crippen LogP contribution in [0.4, 0.5) is 5.69 Å². The van der Waals surface area contributed by atoms with E-state index in [9.17, 15) is 4.79 Å². The van der Waals surface area contributed by atoms with Crippen LogP contribution in [0.5, 0.6) is 5.75 Å². The predicted molar refractivity (Wildman–Crippen MR) is 131 cm³/mol. The minimum absolute atomic E-state index is 0.352. The summed E-state index contributed by atoms with van der Waals surface area (Å²) >= 11 is 0. The molecule has 0 heterocycles. The first-order chi connectivity index (χ1) is 15.7. The molecule has 0 saturated heterocycles. The quantitative estimate of drug-likeness (QED) is 0.379. The second-order valence-corrected chi connectivity index (χ2v) is 6.62. The molecule has 3 rings (SSSR count). The van der Waals surface area contributed by atoms with Gasteiger partial charge in [0.2, 0.25) is 0 Å². The average molecular weight is 439 g/mol. The first-order valence-electron chi connectivity index (χ1n) is 10.4. The number of hydrogen-bond donors (Lipinski definition) is 4. The van der Waals surface area contributed by atoms with Crippen LogP contribution in [0.3, 0.4) is 0 Å². The largest absolute Gasteiger partial charge is 0.489 e. The van der Waals surface area contributed by atoms with Crippen molar-refractivity contribution >= 4 is 12.0 Å². The number of nitrogens with two attached hydrogens (primary N) is 1. The maximum Gasteiger partial charge on any atom is 0.124 e. The SMILES string of the molecule is CCNc1cc(COc2ccccc2CC=O)cc(-c2cccc(CN)c2)c1.CO.CO. The van der Waals surface area contributed by atoms with Crippen molar-refractivity contribution in [1.82, 2.24) is 0 Å². The summed E-state index contributed by atoms with van der Waals surface area (Å²) in [5.41, 5.74) is 12.2. The Kier molecular flexibility index (Phi) is 13.1. The van der Waals surface area contributed by atoms with Gasteiger partial charge < -0.3 is 30.8 Å². The van der Waals surface area contributed by atoms with Crippen LogP contribution in [-0.2, 0) is 24.4 Å². The third kappa shape index (κ3) is 8.15. The van der Waals surface area contributed by atoms with Gasteiger partial charge in [0.15, 0.2) is 0 Å². The normalized spacial score (nSPS) is 9.56. The van der Waals surface area contributed by atoms with E-state index in [1.807, 2.05) is 36.4 Å². The lowest BCUT2D eigenvalue weighted by molar-refractivity contribution is -0.107. The molecule has 32 heavy (non-hydrogen) atoms. The Bertz CT molecular complexity index is 945. The molecule has 6 nitrogen and oxygen atoms in total. The number of carbonyl (C=O) groups excluding carboxylic acids is 1. The van der Waals surface area contributed by atoms with Crippen LogP contribution in [0.2, 0.25) is 0 Å². The molecule has 0 amide bonds. The predicted octanol–water partition coefficient (Wildman–Crippen LogP) is 3.78. The van der Waals surface area contributed by atoms with Gasteiger partial charge in [-0.25, -0.2) is 0 Å². The van der Waals surface area contributed by atoms with Crippen LogP contribution in [0.25, 0.3) is 11.1 Å². The van der Waals surface area contributed by atoms with E-state index in [0.29, 0.717) is 19.6 Å². The van der Waals surface area contributed by atoms with Crippen LogP contribution in [-0.4, -0.2) is 37.3 Å². The van der Waals surface area contributed by atoms with Crippen molar-refractivity contribution in [2.75, 3.05) is 26.1 Å². The first-order valence-corrected chi connectivity index (χ1v) is 10.4. The summed E-state index contributed by atoms with van der Waals surface area (Å²) in [6.07, 6.45) is 1.25. The van der Waals surface area contributed by atoms with E-state index in [1.165, 1.54) is 0 Å². The van der Waals surface area contributed by atoms with Gasteiger partial charge in [0.05, 0.1) is 0 Å². The molecule has 3 aromatic rings. The molecule has 0 unspecified atom stereocenters. The van der Waals surface area contributed by atoms with E-state index in [0.717, 1.165) is 66.3 Å². The van der Waals surface area contributed by atoms with Gasteiger partial charge in [-0.3, -0.25) is 0 Å². The van der Waals surface area contributed by atoms with E-state index in [-0.39, 0.29) is 0 Å². The number of aldehydes is 1. The number of rotatable bonds is 9. The number of nitrogens with one attached hydrogen (secondary N) is 1. The monoisotopic (exact) mass is 438 g/mol. The Labute approximate surface area is 190 Å². The number of carbonyl (C=O) groups is 1. The molecule has 0 bridgehead atoms. The summed E-state index contributed by atoms with van der Waals surface area (Å²) in [6, 6.07) is 22.3. The summed E-state index contributed by atoms with van der Waals surface area (Å²) in [5, 5.41) is 17.4. The number of hydrogen-bond acceptors (Lipinski definition) is 6. The highest BCUT2D eigenvalue weighted by Crippen LogP contribution is 2.27. The topological polar surface area (TPSA) is 105 Å². The average Bonchev–Trinajstić information content (AvgIpc) is 2.86. The summed E-state index contributed by atoms with van der Waals surface area (Å²) < 4.78 is 6.04. The lowest BCUT2D eigenvalue weighted by Crippen LogP contribution is -2.02. The molecular formula is C26H34N2O4. The van der Waals surface area contributed by atoms with E-state index in [1.54, 1.807) is 0 Å². The molecule has 0 aliphatic carbocycles.